The van der Waals surface area contributed by atoms with E-state index in [2.05, 4.69) is 27.0 Å². The molecule has 212 valence electrons. The Hall–Kier alpha value is -3.80. The number of anilines is 1. The van der Waals surface area contributed by atoms with Crippen LogP contribution in [0.15, 0.2) is 89.1 Å². The summed E-state index contributed by atoms with van der Waals surface area (Å²) in [6.07, 6.45) is 9.06. The van der Waals surface area contributed by atoms with E-state index in [1.165, 1.54) is 27.7 Å². The van der Waals surface area contributed by atoms with Crippen molar-refractivity contribution in [2.45, 2.75) is 56.6 Å². The van der Waals surface area contributed by atoms with Crippen molar-refractivity contribution in [1.29, 1.82) is 0 Å². The third kappa shape index (κ3) is 7.87. The third-order valence-corrected chi connectivity index (χ3v) is 7.98. The van der Waals surface area contributed by atoms with E-state index in [4.69, 9.17) is 0 Å². The molecular formula is C29H36N6O4S. The molecule has 0 aliphatic rings. The fourth-order valence-corrected chi connectivity index (χ4v) is 5.32. The Morgan fingerprint density at radius 1 is 1.00 bits per heavy atom. The average molecular weight is 565 g/mol. The number of benzene rings is 2. The number of aliphatic hydroxyl groups is 1. The van der Waals surface area contributed by atoms with Gasteiger partial charge in [0.15, 0.2) is 0 Å². The Morgan fingerprint density at radius 2 is 1.77 bits per heavy atom. The summed E-state index contributed by atoms with van der Waals surface area (Å²) in [5.74, 6) is 0. The van der Waals surface area contributed by atoms with Crippen LogP contribution in [-0.4, -0.2) is 45.9 Å². The van der Waals surface area contributed by atoms with E-state index < -0.39 is 16.1 Å². The highest BCUT2D eigenvalue weighted by Crippen LogP contribution is 2.18. The molecule has 2 heterocycles. The van der Waals surface area contributed by atoms with Gasteiger partial charge in [0.1, 0.15) is 6.33 Å². The van der Waals surface area contributed by atoms with Gasteiger partial charge in [-0.05, 0) is 67.4 Å². The number of nitrogens with one attached hydrogen (secondary N) is 2. The second-order valence-electron chi connectivity index (χ2n) is 9.62. The summed E-state index contributed by atoms with van der Waals surface area (Å²) in [6.45, 7) is 3.78. The normalized spacial score (nSPS) is 12.3. The van der Waals surface area contributed by atoms with Crippen molar-refractivity contribution in [1.82, 2.24) is 24.6 Å². The van der Waals surface area contributed by atoms with Gasteiger partial charge < -0.3 is 10.4 Å². The van der Waals surface area contributed by atoms with Crippen LogP contribution in [0.3, 0.4) is 0 Å². The lowest BCUT2D eigenvalue weighted by atomic mass is 10.1. The highest BCUT2D eigenvalue weighted by atomic mass is 32.2. The van der Waals surface area contributed by atoms with Crippen LogP contribution < -0.4 is 15.7 Å². The van der Waals surface area contributed by atoms with Crippen LogP contribution in [0.1, 0.15) is 49.8 Å². The first-order chi connectivity index (χ1) is 19.4. The summed E-state index contributed by atoms with van der Waals surface area (Å²) in [5.41, 5.74) is 2.56. The summed E-state index contributed by atoms with van der Waals surface area (Å²) in [5, 5.41) is 17.6. The van der Waals surface area contributed by atoms with Crippen LogP contribution in [0.2, 0.25) is 0 Å². The quantitative estimate of drug-likeness (QED) is 0.188. The monoisotopic (exact) mass is 564 g/mol. The molecule has 0 saturated carbocycles. The molecule has 4 aromatic rings. The molecule has 0 fully saturated rings. The smallest absolute Gasteiger partial charge is 0.350 e. The molecule has 0 radical (unpaired) electrons. The zero-order valence-electron chi connectivity index (χ0n) is 22.6. The largest absolute Gasteiger partial charge is 0.387 e. The number of nitrogens with zero attached hydrogens (tertiary/aromatic N) is 4. The molecule has 10 nitrogen and oxygen atoms in total. The van der Waals surface area contributed by atoms with Crippen molar-refractivity contribution in [3.63, 3.8) is 0 Å². The molecule has 0 spiro atoms. The first-order valence-electron chi connectivity index (χ1n) is 13.5. The summed E-state index contributed by atoms with van der Waals surface area (Å²) in [7, 11) is -3.81. The van der Waals surface area contributed by atoms with Crippen molar-refractivity contribution in [2.75, 3.05) is 17.8 Å². The Morgan fingerprint density at radius 3 is 2.48 bits per heavy atom. The average Bonchev–Trinajstić information content (AvgIpc) is 3.34. The Balaban J connectivity index is 1.29. The van der Waals surface area contributed by atoms with Gasteiger partial charge in [-0.2, -0.15) is 5.10 Å². The maximum atomic E-state index is 12.9. The molecule has 0 saturated heterocycles. The molecule has 4 rings (SSSR count). The zero-order valence-corrected chi connectivity index (χ0v) is 23.4. The summed E-state index contributed by atoms with van der Waals surface area (Å²) in [6, 6.07) is 16.9. The Labute approximate surface area is 234 Å². The minimum Gasteiger partial charge on any atom is -0.387 e. The highest BCUT2D eigenvalue weighted by Gasteiger charge is 2.15. The van der Waals surface area contributed by atoms with Gasteiger partial charge in [0.25, 0.3) is 10.0 Å². The lowest BCUT2D eigenvalue weighted by molar-refractivity contribution is 0.174. The molecule has 0 amide bonds. The fraction of sp³-hybridized carbons (Fsp3) is 0.345. The number of hydrogen-bond acceptors (Lipinski definition) is 7. The maximum absolute atomic E-state index is 12.9. The van der Waals surface area contributed by atoms with Gasteiger partial charge >= 0.3 is 5.69 Å². The Kier molecular flexibility index (Phi) is 10.2. The van der Waals surface area contributed by atoms with Crippen molar-refractivity contribution in [3.8, 4) is 5.69 Å². The van der Waals surface area contributed by atoms with Gasteiger partial charge in [-0.15, -0.1) is 0 Å². The number of aromatic nitrogens is 4. The maximum Gasteiger partial charge on any atom is 0.350 e. The van der Waals surface area contributed by atoms with Crippen molar-refractivity contribution in [3.05, 3.63) is 101 Å². The van der Waals surface area contributed by atoms with Gasteiger partial charge in [0.2, 0.25) is 0 Å². The SMILES string of the molecule is CCCCCCn1ncn(-c2ccc(S(=O)(=O)Nc3ccc(CCNC[C@H](O)c4cccnc4)cc3)cc2)c1=O. The van der Waals surface area contributed by atoms with Gasteiger partial charge in [-0.3, -0.25) is 9.71 Å². The molecule has 2 aromatic heterocycles. The van der Waals surface area contributed by atoms with Crippen LogP contribution in [0.25, 0.3) is 5.69 Å². The summed E-state index contributed by atoms with van der Waals surface area (Å²) in [4.78, 5) is 16.8. The zero-order chi connectivity index (χ0) is 28.4. The predicted octanol–water partition coefficient (Wildman–Crippen LogP) is 3.68. The number of hydrogen-bond donors (Lipinski definition) is 3. The van der Waals surface area contributed by atoms with E-state index in [1.807, 2.05) is 18.2 Å². The number of sulfonamides is 1. The fourth-order valence-electron chi connectivity index (χ4n) is 4.26. The number of aliphatic hydroxyl groups excluding tert-OH is 1. The van der Waals surface area contributed by atoms with Crippen LogP contribution >= 0.6 is 0 Å². The van der Waals surface area contributed by atoms with Gasteiger partial charge in [-0.25, -0.2) is 22.5 Å². The highest BCUT2D eigenvalue weighted by molar-refractivity contribution is 7.92. The minimum atomic E-state index is -3.81. The van der Waals surface area contributed by atoms with E-state index >= 15 is 0 Å². The molecule has 0 bridgehead atoms. The lowest BCUT2D eigenvalue weighted by Crippen LogP contribution is -2.24. The van der Waals surface area contributed by atoms with E-state index in [0.29, 0.717) is 31.0 Å². The van der Waals surface area contributed by atoms with Crippen LogP contribution in [0.5, 0.6) is 0 Å². The topological polar surface area (TPSA) is 131 Å². The predicted molar refractivity (Wildman–Crippen MR) is 155 cm³/mol. The molecule has 2 aromatic carbocycles. The molecule has 40 heavy (non-hydrogen) atoms. The number of rotatable bonds is 15. The van der Waals surface area contributed by atoms with E-state index in [-0.39, 0.29) is 10.6 Å². The van der Waals surface area contributed by atoms with E-state index in [0.717, 1.165) is 43.2 Å². The number of pyridine rings is 1. The first-order valence-corrected chi connectivity index (χ1v) is 15.0. The third-order valence-electron chi connectivity index (χ3n) is 6.59. The minimum absolute atomic E-state index is 0.0942. The van der Waals surface area contributed by atoms with Gasteiger partial charge in [0.05, 0.1) is 16.7 Å². The van der Waals surface area contributed by atoms with E-state index in [1.54, 1.807) is 42.7 Å². The molecule has 1 atom stereocenters. The summed E-state index contributed by atoms with van der Waals surface area (Å²) < 4.78 is 31.3. The Bertz CT molecular complexity index is 1500. The molecule has 3 N–H and O–H groups in total. The van der Waals surface area contributed by atoms with Crippen LogP contribution in [0, 0.1) is 0 Å². The van der Waals surface area contributed by atoms with E-state index in [9.17, 15) is 18.3 Å². The van der Waals surface area contributed by atoms with Crippen LogP contribution in [0.4, 0.5) is 5.69 Å². The molecule has 0 aliphatic carbocycles. The van der Waals surface area contributed by atoms with Gasteiger partial charge in [0, 0.05) is 36.7 Å². The first kappa shape index (κ1) is 29.2. The molecule has 0 aliphatic heterocycles. The lowest BCUT2D eigenvalue weighted by Gasteiger charge is -2.12. The second kappa shape index (κ2) is 14.0. The second-order valence-corrected chi connectivity index (χ2v) is 11.3. The molecular weight excluding hydrogens is 528 g/mol. The van der Waals surface area contributed by atoms with Crippen molar-refractivity contribution in [2.24, 2.45) is 0 Å². The summed E-state index contributed by atoms with van der Waals surface area (Å²) >= 11 is 0. The van der Waals surface area contributed by atoms with Crippen LogP contribution in [-0.2, 0) is 23.0 Å². The number of unbranched alkanes of at least 4 members (excludes halogenated alkanes) is 3. The standard InChI is InChI=1S/C29H36N6O4S/c1-2-3-4-5-19-35-29(37)34(22-32-35)26-12-14-27(15-13-26)40(38,39)33-25-10-8-23(9-11-25)16-18-31-21-28(36)24-7-6-17-30-20-24/h6-15,17,20,22,28,31,33,36H,2-5,16,18-19,21H2,1H3/t28-/m0/s1. The van der Waals surface area contributed by atoms with Crippen molar-refractivity contribution >= 4 is 15.7 Å². The van der Waals surface area contributed by atoms with Gasteiger partial charge in [-0.1, -0.05) is 44.4 Å². The molecule has 11 heteroatoms. The number of aryl methyl sites for hydroxylation is 1. The van der Waals surface area contributed by atoms with Crippen molar-refractivity contribution < 1.29 is 13.5 Å². The molecule has 0 unspecified atom stereocenters.